The standard InChI is InChI=1S/C20H31N5O2/c1-22-12-8-18(21-22)20(27)24-13-6-17(7-14-24)25-11-4-5-16(15-25)19(26)23-9-2-3-10-23/h8,12,16-17H,2-7,9-11,13-15H2,1H3/t16-/m0/s1. The summed E-state index contributed by atoms with van der Waals surface area (Å²) in [6.07, 6.45) is 8.24. The number of piperidine rings is 2. The molecule has 1 aromatic heterocycles. The SMILES string of the molecule is Cn1ccc(C(=O)N2CCC(N3CCC[C@H](C(=O)N4CCCC4)C3)CC2)n1. The van der Waals surface area contributed by atoms with E-state index in [4.69, 9.17) is 0 Å². The van der Waals surface area contributed by atoms with Crippen LogP contribution in [-0.4, -0.2) is 81.6 Å². The number of nitrogens with zero attached hydrogens (tertiary/aromatic N) is 5. The number of likely N-dealkylation sites (tertiary alicyclic amines) is 3. The minimum Gasteiger partial charge on any atom is -0.342 e. The minimum atomic E-state index is 0.0368. The third-order valence-electron chi connectivity index (χ3n) is 6.42. The van der Waals surface area contributed by atoms with Gasteiger partial charge in [-0.2, -0.15) is 5.10 Å². The van der Waals surface area contributed by atoms with E-state index in [1.165, 1.54) is 0 Å². The van der Waals surface area contributed by atoms with Gasteiger partial charge in [0, 0.05) is 52.0 Å². The Hall–Kier alpha value is -1.89. The summed E-state index contributed by atoms with van der Waals surface area (Å²) >= 11 is 0. The first-order valence-corrected chi connectivity index (χ1v) is 10.4. The number of aromatic nitrogens is 2. The Morgan fingerprint density at radius 1 is 0.963 bits per heavy atom. The van der Waals surface area contributed by atoms with Crippen molar-refractivity contribution in [2.75, 3.05) is 39.3 Å². The fourth-order valence-corrected chi connectivity index (χ4v) is 4.86. The number of hydrogen-bond donors (Lipinski definition) is 0. The van der Waals surface area contributed by atoms with Crippen molar-refractivity contribution in [1.82, 2.24) is 24.5 Å². The molecule has 7 nitrogen and oxygen atoms in total. The number of aryl methyl sites for hydroxylation is 1. The summed E-state index contributed by atoms with van der Waals surface area (Å²) in [6.45, 7) is 5.44. The third-order valence-corrected chi connectivity index (χ3v) is 6.42. The highest BCUT2D eigenvalue weighted by Crippen LogP contribution is 2.26. The molecular weight excluding hydrogens is 342 g/mol. The molecule has 3 fully saturated rings. The number of rotatable bonds is 3. The van der Waals surface area contributed by atoms with Gasteiger partial charge in [0.1, 0.15) is 5.69 Å². The van der Waals surface area contributed by atoms with Crippen molar-refractivity contribution in [2.24, 2.45) is 13.0 Å². The first kappa shape index (κ1) is 18.5. The molecule has 0 bridgehead atoms. The second-order valence-electron chi connectivity index (χ2n) is 8.26. The van der Waals surface area contributed by atoms with Crippen LogP contribution in [0, 0.1) is 5.92 Å². The number of amides is 2. The van der Waals surface area contributed by atoms with E-state index in [0.717, 1.165) is 77.8 Å². The van der Waals surface area contributed by atoms with E-state index >= 15 is 0 Å². The first-order valence-electron chi connectivity index (χ1n) is 10.4. The maximum Gasteiger partial charge on any atom is 0.274 e. The van der Waals surface area contributed by atoms with Gasteiger partial charge in [-0.25, -0.2) is 0 Å². The topological polar surface area (TPSA) is 61.7 Å². The van der Waals surface area contributed by atoms with E-state index in [1.54, 1.807) is 10.7 Å². The maximum atomic E-state index is 12.8. The fraction of sp³-hybridized carbons (Fsp3) is 0.750. The molecule has 3 saturated heterocycles. The van der Waals surface area contributed by atoms with Crippen molar-refractivity contribution in [3.8, 4) is 0 Å². The molecule has 1 atom stereocenters. The molecule has 4 rings (SSSR count). The second kappa shape index (κ2) is 8.00. The highest BCUT2D eigenvalue weighted by atomic mass is 16.2. The fourth-order valence-electron chi connectivity index (χ4n) is 4.86. The molecule has 0 radical (unpaired) electrons. The summed E-state index contributed by atoms with van der Waals surface area (Å²) in [5.41, 5.74) is 0.533. The molecule has 0 aromatic carbocycles. The van der Waals surface area contributed by atoms with E-state index in [1.807, 2.05) is 18.1 Å². The smallest absolute Gasteiger partial charge is 0.274 e. The molecule has 0 spiro atoms. The van der Waals surface area contributed by atoms with E-state index in [2.05, 4.69) is 14.9 Å². The zero-order valence-electron chi connectivity index (χ0n) is 16.3. The molecule has 27 heavy (non-hydrogen) atoms. The lowest BCUT2D eigenvalue weighted by atomic mass is 9.93. The molecule has 0 aliphatic carbocycles. The van der Waals surface area contributed by atoms with E-state index in [9.17, 15) is 9.59 Å². The lowest BCUT2D eigenvalue weighted by molar-refractivity contribution is -0.136. The van der Waals surface area contributed by atoms with Crippen molar-refractivity contribution < 1.29 is 9.59 Å². The van der Waals surface area contributed by atoms with Gasteiger partial charge in [-0.1, -0.05) is 0 Å². The van der Waals surface area contributed by atoms with Crippen LogP contribution in [0.15, 0.2) is 12.3 Å². The average molecular weight is 374 g/mol. The molecule has 0 N–H and O–H groups in total. The Labute approximate surface area is 161 Å². The van der Waals surface area contributed by atoms with Crippen LogP contribution >= 0.6 is 0 Å². The lowest BCUT2D eigenvalue weighted by Gasteiger charge is -2.42. The molecule has 0 unspecified atom stereocenters. The third kappa shape index (κ3) is 4.03. The van der Waals surface area contributed by atoms with Crippen LogP contribution in [0.1, 0.15) is 49.0 Å². The lowest BCUT2D eigenvalue weighted by Crippen LogP contribution is -2.51. The molecule has 148 valence electrons. The van der Waals surface area contributed by atoms with Gasteiger partial charge in [0.2, 0.25) is 5.91 Å². The van der Waals surface area contributed by atoms with Gasteiger partial charge in [0.15, 0.2) is 0 Å². The van der Waals surface area contributed by atoms with Crippen LogP contribution in [0.4, 0.5) is 0 Å². The molecule has 3 aliphatic heterocycles. The number of carbonyl (C=O) groups excluding carboxylic acids is 2. The van der Waals surface area contributed by atoms with E-state index in [-0.39, 0.29) is 11.8 Å². The van der Waals surface area contributed by atoms with Gasteiger partial charge in [0.25, 0.3) is 5.91 Å². The molecule has 7 heteroatoms. The largest absolute Gasteiger partial charge is 0.342 e. The van der Waals surface area contributed by atoms with Gasteiger partial charge in [-0.15, -0.1) is 0 Å². The molecule has 2 amide bonds. The van der Waals surface area contributed by atoms with Crippen LogP contribution in [0.25, 0.3) is 0 Å². The Morgan fingerprint density at radius 3 is 2.37 bits per heavy atom. The summed E-state index contributed by atoms with van der Waals surface area (Å²) in [5.74, 6) is 0.583. The normalized spacial score (nSPS) is 25.1. The molecular formula is C20H31N5O2. The number of hydrogen-bond acceptors (Lipinski definition) is 4. The van der Waals surface area contributed by atoms with Crippen molar-refractivity contribution in [3.05, 3.63) is 18.0 Å². The molecule has 3 aliphatic rings. The highest BCUT2D eigenvalue weighted by Gasteiger charge is 2.34. The van der Waals surface area contributed by atoms with Gasteiger partial charge in [0.05, 0.1) is 5.92 Å². The summed E-state index contributed by atoms with van der Waals surface area (Å²) in [5, 5.41) is 4.23. The Balaban J connectivity index is 1.30. The predicted octanol–water partition coefficient (Wildman–Crippen LogP) is 1.36. The van der Waals surface area contributed by atoms with Crippen molar-refractivity contribution in [2.45, 2.75) is 44.6 Å². The van der Waals surface area contributed by atoms with Crippen molar-refractivity contribution in [1.29, 1.82) is 0 Å². The Morgan fingerprint density at radius 2 is 1.70 bits per heavy atom. The number of carbonyl (C=O) groups is 2. The Kier molecular flexibility index (Phi) is 5.48. The van der Waals surface area contributed by atoms with Gasteiger partial charge in [-0.3, -0.25) is 19.2 Å². The van der Waals surface area contributed by atoms with E-state index < -0.39 is 0 Å². The van der Waals surface area contributed by atoms with Crippen LogP contribution in [0.3, 0.4) is 0 Å². The van der Waals surface area contributed by atoms with Crippen LogP contribution in [0.2, 0.25) is 0 Å². The van der Waals surface area contributed by atoms with Gasteiger partial charge < -0.3 is 9.80 Å². The average Bonchev–Trinajstić information content (AvgIpc) is 3.39. The first-order chi connectivity index (χ1) is 13.1. The van der Waals surface area contributed by atoms with Crippen LogP contribution < -0.4 is 0 Å². The molecule has 0 saturated carbocycles. The summed E-state index contributed by atoms with van der Waals surface area (Å²) < 4.78 is 1.67. The van der Waals surface area contributed by atoms with E-state index in [0.29, 0.717) is 17.6 Å². The van der Waals surface area contributed by atoms with Gasteiger partial charge in [-0.05, 0) is 51.1 Å². The second-order valence-corrected chi connectivity index (χ2v) is 8.26. The summed E-state index contributed by atoms with van der Waals surface area (Å²) in [6, 6.07) is 2.28. The summed E-state index contributed by atoms with van der Waals surface area (Å²) in [7, 11) is 1.83. The van der Waals surface area contributed by atoms with Gasteiger partial charge >= 0.3 is 0 Å². The van der Waals surface area contributed by atoms with Crippen molar-refractivity contribution in [3.63, 3.8) is 0 Å². The Bertz CT molecular complexity index is 674. The predicted molar refractivity (Wildman–Crippen MR) is 102 cm³/mol. The maximum absolute atomic E-state index is 12.8. The molecule has 1 aromatic rings. The highest BCUT2D eigenvalue weighted by molar-refractivity contribution is 5.92. The minimum absolute atomic E-state index is 0.0368. The zero-order valence-corrected chi connectivity index (χ0v) is 16.3. The summed E-state index contributed by atoms with van der Waals surface area (Å²) in [4.78, 5) is 31.9. The monoisotopic (exact) mass is 373 g/mol. The zero-order chi connectivity index (χ0) is 18.8. The van der Waals surface area contributed by atoms with Crippen LogP contribution in [-0.2, 0) is 11.8 Å². The molecule has 4 heterocycles. The quantitative estimate of drug-likeness (QED) is 0.803. The van der Waals surface area contributed by atoms with Crippen molar-refractivity contribution >= 4 is 11.8 Å². The van der Waals surface area contributed by atoms with Crippen LogP contribution in [0.5, 0.6) is 0 Å².